The summed E-state index contributed by atoms with van der Waals surface area (Å²) in [4.78, 5) is 3.97. The predicted octanol–water partition coefficient (Wildman–Crippen LogP) is 3.26. The number of benzene rings is 1. The molecule has 5 heteroatoms. The van der Waals surface area contributed by atoms with Gasteiger partial charge in [-0.25, -0.2) is 4.39 Å². The second-order valence-electron chi connectivity index (χ2n) is 4.58. The highest BCUT2D eigenvalue weighted by Gasteiger charge is 2.16. The molecule has 20 heavy (non-hydrogen) atoms. The molecule has 2 N–H and O–H groups in total. The van der Waals surface area contributed by atoms with Crippen LogP contribution in [0.15, 0.2) is 42.7 Å². The van der Waals surface area contributed by atoms with Gasteiger partial charge >= 0.3 is 0 Å². The molecule has 2 aromatic rings. The Labute approximate surface area is 122 Å². The van der Waals surface area contributed by atoms with Crippen LogP contribution in [0.5, 0.6) is 0 Å². The van der Waals surface area contributed by atoms with Crippen LogP contribution >= 0.6 is 11.6 Å². The summed E-state index contributed by atoms with van der Waals surface area (Å²) in [5.41, 5.74) is 1.71. The van der Waals surface area contributed by atoms with E-state index in [1.165, 1.54) is 12.1 Å². The van der Waals surface area contributed by atoms with E-state index in [0.717, 1.165) is 5.56 Å². The Balaban J connectivity index is 2.14. The zero-order chi connectivity index (χ0) is 14.5. The highest BCUT2D eigenvalue weighted by Crippen LogP contribution is 2.23. The van der Waals surface area contributed by atoms with E-state index in [-0.39, 0.29) is 23.7 Å². The Kier molecular flexibility index (Phi) is 5.06. The minimum Gasteiger partial charge on any atom is -0.394 e. The minimum absolute atomic E-state index is 0.00823. The van der Waals surface area contributed by atoms with Crippen molar-refractivity contribution in [3.05, 3.63) is 64.7 Å². The third-order valence-corrected chi connectivity index (χ3v) is 3.49. The molecule has 0 radical (unpaired) electrons. The van der Waals surface area contributed by atoms with Crippen LogP contribution in [0.1, 0.15) is 30.1 Å². The van der Waals surface area contributed by atoms with Crippen molar-refractivity contribution < 1.29 is 9.50 Å². The molecule has 1 aromatic heterocycles. The van der Waals surface area contributed by atoms with Crippen molar-refractivity contribution in [1.29, 1.82) is 0 Å². The molecular weight excluding hydrogens is 279 g/mol. The van der Waals surface area contributed by atoms with Crippen molar-refractivity contribution in [1.82, 2.24) is 10.3 Å². The molecule has 0 aliphatic carbocycles. The number of halogens is 2. The van der Waals surface area contributed by atoms with Gasteiger partial charge in [-0.1, -0.05) is 17.7 Å². The molecule has 106 valence electrons. The van der Waals surface area contributed by atoms with Gasteiger partial charge in [0.25, 0.3) is 0 Å². The van der Waals surface area contributed by atoms with E-state index in [1.807, 2.05) is 19.1 Å². The standard InChI is InChI=1S/C15H16ClFN2O/c1-10(11-4-6-18-7-5-11)19-15(9-20)12-2-3-13(16)14(17)8-12/h2-8,10,15,19-20H,9H2,1H3. The summed E-state index contributed by atoms with van der Waals surface area (Å²) < 4.78 is 13.5. The van der Waals surface area contributed by atoms with Crippen LogP contribution in [0, 0.1) is 5.82 Å². The first-order valence-corrected chi connectivity index (χ1v) is 6.71. The molecule has 0 aliphatic heterocycles. The molecule has 1 heterocycles. The Bertz CT molecular complexity index is 565. The van der Waals surface area contributed by atoms with Gasteiger partial charge in [0.15, 0.2) is 0 Å². The van der Waals surface area contributed by atoms with Crippen LogP contribution in [-0.2, 0) is 0 Å². The lowest BCUT2D eigenvalue weighted by molar-refractivity contribution is 0.235. The largest absolute Gasteiger partial charge is 0.394 e. The Morgan fingerprint density at radius 3 is 2.55 bits per heavy atom. The van der Waals surface area contributed by atoms with Gasteiger partial charge in [-0.15, -0.1) is 0 Å². The lowest BCUT2D eigenvalue weighted by Crippen LogP contribution is -2.27. The maximum absolute atomic E-state index is 13.5. The number of hydrogen-bond acceptors (Lipinski definition) is 3. The molecule has 0 amide bonds. The number of aliphatic hydroxyl groups is 1. The van der Waals surface area contributed by atoms with Crippen LogP contribution < -0.4 is 5.32 Å². The zero-order valence-corrected chi connectivity index (χ0v) is 11.8. The van der Waals surface area contributed by atoms with Crippen LogP contribution in [0.2, 0.25) is 5.02 Å². The van der Waals surface area contributed by atoms with Gasteiger partial charge in [0.1, 0.15) is 5.82 Å². The fraction of sp³-hybridized carbons (Fsp3) is 0.267. The summed E-state index contributed by atoms with van der Waals surface area (Å²) in [7, 11) is 0. The topological polar surface area (TPSA) is 45.1 Å². The molecule has 2 rings (SSSR count). The van der Waals surface area contributed by atoms with Crippen molar-refractivity contribution in [2.45, 2.75) is 19.0 Å². The SMILES string of the molecule is CC(NC(CO)c1ccc(Cl)c(F)c1)c1ccncc1. The second-order valence-corrected chi connectivity index (χ2v) is 4.98. The van der Waals surface area contributed by atoms with Gasteiger partial charge in [-0.2, -0.15) is 0 Å². The van der Waals surface area contributed by atoms with E-state index < -0.39 is 5.82 Å². The van der Waals surface area contributed by atoms with Gasteiger partial charge in [-0.3, -0.25) is 4.98 Å². The van der Waals surface area contributed by atoms with E-state index in [4.69, 9.17) is 11.6 Å². The highest BCUT2D eigenvalue weighted by molar-refractivity contribution is 6.30. The maximum Gasteiger partial charge on any atom is 0.142 e. The molecule has 2 atom stereocenters. The Morgan fingerprint density at radius 2 is 1.95 bits per heavy atom. The third-order valence-electron chi connectivity index (χ3n) is 3.19. The van der Waals surface area contributed by atoms with E-state index in [1.54, 1.807) is 18.5 Å². The molecule has 0 spiro atoms. The predicted molar refractivity (Wildman–Crippen MR) is 77.0 cm³/mol. The fourth-order valence-corrected chi connectivity index (χ4v) is 2.15. The molecule has 0 fully saturated rings. The first-order chi connectivity index (χ1) is 9.61. The first-order valence-electron chi connectivity index (χ1n) is 6.33. The van der Waals surface area contributed by atoms with E-state index >= 15 is 0 Å². The quantitative estimate of drug-likeness (QED) is 0.890. The molecule has 0 aliphatic rings. The smallest absolute Gasteiger partial charge is 0.142 e. The van der Waals surface area contributed by atoms with Gasteiger partial charge in [-0.05, 0) is 42.3 Å². The summed E-state index contributed by atoms with van der Waals surface area (Å²) in [6, 6.07) is 7.99. The number of hydrogen-bond donors (Lipinski definition) is 2. The summed E-state index contributed by atoms with van der Waals surface area (Å²) in [6.07, 6.45) is 3.42. The summed E-state index contributed by atoms with van der Waals surface area (Å²) in [5, 5.41) is 12.8. The van der Waals surface area contributed by atoms with Crippen molar-refractivity contribution >= 4 is 11.6 Å². The normalized spacial score (nSPS) is 14.0. The highest BCUT2D eigenvalue weighted by atomic mass is 35.5. The fourth-order valence-electron chi connectivity index (χ4n) is 2.03. The van der Waals surface area contributed by atoms with E-state index in [2.05, 4.69) is 10.3 Å². The Hall–Kier alpha value is -1.49. The van der Waals surface area contributed by atoms with Crippen molar-refractivity contribution in [2.75, 3.05) is 6.61 Å². The lowest BCUT2D eigenvalue weighted by atomic mass is 10.0. The molecular formula is C15H16ClFN2O. The van der Waals surface area contributed by atoms with Crippen molar-refractivity contribution in [3.63, 3.8) is 0 Å². The number of rotatable bonds is 5. The number of pyridine rings is 1. The van der Waals surface area contributed by atoms with Crippen LogP contribution in [0.4, 0.5) is 4.39 Å². The maximum atomic E-state index is 13.5. The first kappa shape index (κ1) is 14.9. The van der Waals surface area contributed by atoms with Gasteiger partial charge in [0.2, 0.25) is 0 Å². The van der Waals surface area contributed by atoms with Crippen LogP contribution in [0.3, 0.4) is 0 Å². The van der Waals surface area contributed by atoms with E-state index in [0.29, 0.717) is 5.56 Å². The molecule has 0 bridgehead atoms. The lowest BCUT2D eigenvalue weighted by Gasteiger charge is -2.22. The molecule has 0 saturated heterocycles. The molecule has 0 saturated carbocycles. The molecule has 3 nitrogen and oxygen atoms in total. The summed E-state index contributed by atoms with van der Waals surface area (Å²) in [6.45, 7) is 1.85. The van der Waals surface area contributed by atoms with Gasteiger partial charge in [0.05, 0.1) is 17.7 Å². The molecule has 1 aromatic carbocycles. The van der Waals surface area contributed by atoms with Crippen LogP contribution in [0.25, 0.3) is 0 Å². The minimum atomic E-state index is -0.485. The van der Waals surface area contributed by atoms with E-state index in [9.17, 15) is 9.50 Å². The summed E-state index contributed by atoms with van der Waals surface area (Å²) >= 11 is 5.67. The number of nitrogens with zero attached hydrogens (tertiary/aromatic N) is 1. The number of aliphatic hydroxyl groups excluding tert-OH is 1. The third kappa shape index (κ3) is 3.54. The van der Waals surface area contributed by atoms with Crippen molar-refractivity contribution in [2.24, 2.45) is 0 Å². The number of nitrogens with one attached hydrogen (secondary N) is 1. The van der Waals surface area contributed by atoms with Gasteiger partial charge < -0.3 is 10.4 Å². The van der Waals surface area contributed by atoms with Crippen LogP contribution in [-0.4, -0.2) is 16.7 Å². The summed E-state index contributed by atoms with van der Waals surface area (Å²) in [5.74, 6) is -0.485. The Morgan fingerprint density at radius 1 is 1.25 bits per heavy atom. The number of aromatic nitrogens is 1. The van der Waals surface area contributed by atoms with Gasteiger partial charge in [0, 0.05) is 18.4 Å². The second kappa shape index (κ2) is 6.79. The zero-order valence-electron chi connectivity index (χ0n) is 11.1. The van der Waals surface area contributed by atoms with Crippen molar-refractivity contribution in [3.8, 4) is 0 Å². The average Bonchev–Trinajstić information content (AvgIpc) is 2.48. The average molecular weight is 295 g/mol. The monoisotopic (exact) mass is 294 g/mol. The molecule has 2 unspecified atom stereocenters.